The highest BCUT2D eigenvalue weighted by Gasteiger charge is 2.20. The summed E-state index contributed by atoms with van der Waals surface area (Å²) >= 11 is 0. The Morgan fingerprint density at radius 3 is 2.44 bits per heavy atom. The molecule has 0 bridgehead atoms. The van der Waals surface area contributed by atoms with Crippen molar-refractivity contribution >= 4 is 5.96 Å². The number of nitrogens with one attached hydrogen (secondary N) is 2. The second kappa shape index (κ2) is 9.81. The van der Waals surface area contributed by atoms with Crippen LogP contribution in [0.4, 0.5) is 0 Å². The van der Waals surface area contributed by atoms with Gasteiger partial charge in [0.05, 0.1) is 0 Å². The van der Waals surface area contributed by atoms with Crippen molar-refractivity contribution < 1.29 is 0 Å². The monoisotopic (exact) mass is 344 g/mol. The van der Waals surface area contributed by atoms with Gasteiger partial charge < -0.3 is 10.6 Å². The number of aliphatic imine (C=N–C) groups is 1. The number of piperidine rings is 1. The van der Waals surface area contributed by atoms with Crippen molar-refractivity contribution in [1.82, 2.24) is 15.5 Å². The first kappa shape index (κ1) is 19.8. The van der Waals surface area contributed by atoms with Crippen LogP contribution in [-0.4, -0.2) is 43.1 Å². The molecule has 1 heterocycles. The molecule has 1 saturated heterocycles. The van der Waals surface area contributed by atoms with E-state index in [0.29, 0.717) is 11.5 Å². The van der Waals surface area contributed by atoms with Crippen molar-refractivity contribution in [1.29, 1.82) is 0 Å². The number of hydrogen-bond acceptors (Lipinski definition) is 2. The molecule has 1 aromatic carbocycles. The lowest BCUT2D eigenvalue weighted by Gasteiger charge is -2.33. The van der Waals surface area contributed by atoms with Crippen molar-refractivity contribution in [2.75, 3.05) is 26.2 Å². The summed E-state index contributed by atoms with van der Waals surface area (Å²) in [5.74, 6) is 0.980. The van der Waals surface area contributed by atoms with E-state index < -0.39 is 0 Å². The SMILES string of the molecule is CCNC(=NCCC(C)(C)C)NC1CCN(Cc2ccccc2)CC1. The molecule has 2 N–H and O–H groups in total. The molecule has 25 heavy (non-hydrogen) atoms. The van der Waals surface area contributed by atoms with Gasteiger partial charge >= 0.3 is 0 Å². The number of rotatable bonds is 6. The van der Waals surface area contributed by atoms with Crippen molar-refractivity contribution in [3.63, 3.8) is 0 Å². The number of likely N-dealkylation sites (tertiary alicyclic amines) is 1. The van der Waals surface area contributed by atoms with Crippen LogP contribution >= 0.6 is 0 Å². The van der Waals surface area contributed by atoms with Gasteiger partial charge in [-0.1, -0.05) is 51.1 Å². The Kier molecular flexibility index (Phi) is 7.76. The highest BCUT2D eigenvalue weighted by molar-refractivity contribution is 5.80. The molecule has 4 nitrogen and oxygen atoms in total. The first-order chi connectivity index (χ1) is 12.0. The van der Waals surface area contributed by atoms with Gasteiger partial charge in [-0.05, 0) is 37.2 Å². The number of hydrogen-bond donors (Lipinski definition) is 2. The summed E-state index contributed by atoms with van der Waals surface area (Å²) < 4.78 is 0. The summed E-state index contributed by atoms with van der Waals surface area (Å²) in [6.45, 7) is 14.1. The summed E-state index contributed by atoms with van der Waals surface area (Å²) in [4.78, 5) is 7.31. The van der Waals surface area contributed by atoms with Crippen LogP contribution in [0.3, 0.4) is 0 Å². The van der Waals surface area contributed by atoms with E-state index in [4.69, 9.17) is 4.99 Å². The Morgan fingerprint density at radius 2 is 1.84 bits per heavy atom. The summed E-state index contributed by atoms with van der Waals surface area (Å²) in [6, 6.07) is 11.3. The minimum absolute atomic E-state index is 0.337. The molecular formula is C21H36N4. The molecule has 0 aliphatic carbocycles. The maximum atomic E-state index is 4.76. The molecule has 0 saturated carbocycles. The molecule has 4 heteroatoms. The van der Waals surface area contributed by atoms with Gasteiger partial charge in [0.25, 0.3) is 0 Å². The Bertz CT molecular complexity index is 510. The fraction of sp³-hybridized carbons (Fsp3) is 0.667. The second-order valence-electron chi connectivity index (χ2n) is 8.25. The fourth-order valence-electron chi connectivity index (χ4n) is 3.09. The predicted molar refractivity (Wildman–Crippen MR) is 108 cm³/mol. The Balaban J connectivity index is 1.77. The quantitative estimate of drug-likeness (QED) is 0.611. The summed E-state index contributed by atoms with van der Waals surface area (Å²) in [5, 5.41) is 7.03. The third-order valence-corrected chi connectivity index (χ3v) is 4.65. The van der Waals surface area contributed by atoms with E-state index in [2.05, 4.69) is 73.6 Å². The molecule has 1 aromatic rings. The van der Waals surface area contributed by atoms with Crippen LogP contribution in [0.1, 0.15) is 52.5 Å². The number of nitrogens with zero attached hydrogens (tertiary/aromatic N) is 2. The summed E-state index contributed by atoms with van der Waals surface area (Å²) in [5.41, 5.74) is 1.75. The zero-order valence-electron chi connectivity index (χ0n) is 16.5. The van der Waals surface area contributed by atoms with Gasteiger partial charge in [0.15, 0.2) is 5.96 Å². The third-order valence-electron chi connectivity index (χ3n) is 4.65. The molecule has 1 fully saturated rings. The second-order valence-corrected chi connectivity index (χ2v) is 8.25. The van der Waals surface area contributed by atoms with E-state index in [0.717, 1.165) is 45.1 Å². The lowest BCUT2D eigenvalue weighted by molar-refractivity contribution is 0.198. The van der Waals surface area contributed by atoms with E-state index in [-0.39, 0.29) is 0 Å². The highest BCUT2D eigenvalue weighted by Crippen LogP contribution is 2.18. The minimum atomic E-state index is 0.337. The third kappa shape index (κ3) is 7.91. The van der Waals surface area contributed by atoms with Crippen molar-refractivity contribution in [2.24, 2.45) is 10.4 Å². The summed E-state index contributed by atoms with van der Waals surface area (Å²) in [6.07, 6.45) is 3.46. The van der Waals surface area contributed by atoms with Gasteiger partial charge in [0.2, 0.25) is 0 Å². The van der Waals surface area contributed by atoms with Crippen molar-refractivity contribution in [3.8, 4) is 0 Å². The van der Waals surface area contributed by atoms with Crippen LogP contribution in [0.2, 0.25) is 0 Å². The number of guanidine groups is 1. The Labute approximate surface area is 154 Å². The van der Waals surface area contributed by atoms with Crippen LogP contribution in [0, 0.1) is 5.41 Å². The molecule has 0 amide bonds. The van der Waals surface area contributed by atoms with Crippen LogP contribution in [0.5, 0.6) is 0 Å². The van der Waals surface area contributed by atoms with Crippen LogP contribution in [0.25, 0.3) is 0 Å². The Hall–Kier alpha value is -1.55. The Morgan fingerprint density at radius 1 is 1.16 bits per heavy atom. The lowest BCUT2D eigenvalue weighted by atomic mass is 9.92. The molecule has 0 radical (unpaired) electrons. The highest BCUT2D eigenvalue weighted by atomic mass is 15.2. The van der Waals surface area contributed by atoms with Crippen LogP contribution in [-0.2, 0) is 6.54 Å². The van der Waals surface area contributed by atoms with Crippen molar-refractivity contribution in [2.45, 2.75) is 59.5 Å². The van der Waals surface area contributed by atoms with E-state index >= 15 is 0 Å². The molecule has 0 atom stereocenters. The zero-order valence-corrected chi connectivity index (χ0v) is 16.5. The topological polar surface area (TPSA) is 39.7 Å². The van der Waals surface area contributed by atoms with Crippen LogP contribution < -0.4 is 10.6 Å². The molecule has 140 valence electrons. The predicted octanol–water partition coefficient (Wildman–Crippen LogP) is 3.64. The molecule has 2 rings (SSSR count). The smallest absolute Gasteiger partial charge is 0.191 e. The molecule has 1 aliphatic rings. The molecular weight excluding hydrogens is 308 g/mol. The van der Waals surface area contributed by atoms with Crippen molar-refractivity contribution in [3.05, 3.63) is 35.9 Å². The lowest BCUT2D eigenvalue weighted by Crippen LogP contribution is -2.48. The van der Waals surface area contributed by atoms with Gasteiger partial charge in [-0.2, -0.15) is 0 Å². The largest absolute Gasteiger partial charge is 0.357 e. The minimum Gasteiger partial charge on any atom is -0.357 e. The first-order valence-electron chi connectivity index (χ1n) is 9.77. The molecule has 0 unspecified atom stereocenters. The molecule has 0 aromatic heterocycles. The van der Waals surface area contributed by atoms with E-state index in [9.17, 15) is 0 Å². The normalized spacial score (nSPS) is 17.5. The van der Waals surface area contributed by atoms with Gasteiger partial charge in [0, 0.05) is 38.8 Å². The average Bonchev–Trinajstić information content (AvgIpc) is 2.56. The van der Waals surface area contributed by atoms with E-state index in [1.807, 2.05) is 0 Å². The van der Waals surface area contributed by atoms with E-state index in [1.165, 1.54) is 18.4 Å². The number of benzene rings is 1. The first-order valence-corrected chi connectivity index (χ1v) is 9.77. The van der Waals surface area contributed by atoms with Gasteiger partial charge in [-0.25, -0.2) is 0 Å². The molecule has 0 spiro atoms. The fourth-order valence-corrected chi connectivity index (χ4v) is 3.09. The van der Waals surface area contributed by atoms with Gasteiger partial charge in [-0.15, -0.1) is 0 Å². The standard InChI is InChI=1S/C21H36N4/c1-5-22-20(23-14-13-21(2,3)4)24-19-11-15-25(16-12-19)17-18-9-7-6-8-10-18/h6-10,19H,5,11-17H2,1-4H3,(H2,22,23,24). The van der Waals surface area contributed by atoms with Gasteiger partial charge in [0.1, 0.15) is 0 Å². The van der Waals surface area contributed by atoms with Gasteiger partial charge in [-0.3, -0.25) is 9.89 Å². The zero-order chi connectivity index (χ0) is 18.1. The average molecular weight is 345 g/mol. The summed E-state index contributed by atoms with van der Waals surface area (Å²) in [7, 11) is 0. The maximum absolute atomic E-state index is 4.76. The maximum Gasteiger partial charge on any atom is 0.191 e. The van der Waals surface area contributed by atoms with Crippen LogP contribution in [0.15, 0.2) is 35.3 Å². The van der Waals surface area contributed by atoms with E-state index in [1.54, 1.807) is 0 Å². The molecule has 1 aliphatic heterocycles.